The summed E-state index contributed by atoms with van der Waals surface area (Å²) in [5.41, 5.74) is 2.30. The molecule has 0 spiro atoms. The third-order valence-corrected chi connectivity index (χ3v) is 2.09. The standard InChI is InChI=1S/C7H15NO6/c1-8-14-6-4(10)3(2-9)13-7(12)5(6)11/h3-12H,2H2,1H3/t3-,4+,5-,6+,7-/m1/s1. The first kappa shape index (κ1) is 11.8. The first-order valence-corrected chi connectivity index (χ1v) is 4.24. The van der Waals surface area contributed by atoms with Gasteiger partial charge in [-0.1, -0.05) is 0 Å². The van der Waals surface area contributed by atoms with Crippen molar-refractivity contribution in [1.29, 1.82) is 0 Å². The minimum Gasteiger partial charge on any atom is -0.394 e. The molecule has 0 aromatic rings. The lowest BCUT2D eigenvalue weighted by atomic mass is 9.99. The van der Waals surface area contributed by atoms with Crippen LogP contribution in [0.25, 0.3) is 0 Å². The predicted octanol–water partition coefficient (Wildman–Crippen LogP) is -3.06. The van der Waals surface area contributed by atoms with Crippen LogP contribution in [0.3, 0.4) is 0 Å². The summed E-state index contributed by atoms with van der Waals surface area (Å²) in [5, 5.41) is 36.9. The van der Waals surface area contributed by atoms with Gasteiger partial charge in [0.15, 0.2) is 6.29 Å². The lowest BCUT2D eigenvalue weighted by Crippen LogP contribution is -2.60. The smallest absolute Gasteiger partial charge is 0.184 e. The molecule has 0 radical (unpaired) electrons. The summed E-state index contributed by atoms with van der Waals surface area (Å²) in [6.07, 6.45) is -6.05. The number of aliphatic hydroxyl groups is 4. The van der Waals surface area contributed by atoms with Crippen molar-refractivity contribution in [2.24, 2.45) is 0 Å². The Hall–Kier alpha value is -0.280. The van der Waals surface area contributed by atoms with Gasteiger partial charge in [-0.2, -0.15) is 0 Å². The van der Waals surface area contributed by atoms with Crippen molar-refractivity contribution in [2.45, 2.75) is 30.7 Å². The average molecular weight is 209 g/mol. The molecule has 0 amide bonds. The highest BCUT2D eigenvalue weighted by Gasteiger charge is 2.44. The molecule has 0 bridgehead atoms. The lowest BCUT2D eigenvalue weighted by Gasteiger charge is -2.39. The second-order valence-electron chi connectivity index (χ2n) is 3.02. The highest BCUT2D eigenvalue weighted by molar-refractivity contribution is 4.89. The van der Waals surface area contributed by atoms with E-state index in [-0.39, 0.29) is 0 Å². The van der Waals surface area contributed by atoms with E-state index >= 15 is 0 Å². The van der Waals surface area contributed by atoms with Crippen molar-refractivity contribution >= 4 is 0 Å². The molecule has 1 aliphatic heterocycles. The minimum absolute atomic E-state index is 0.464. The van der Waals surface area contributed by atoms with Crippen LogP contribution in [0.1, 0.15) is 0 Å². The Morgan fingerprint density at radius 3 is 2.43 bits per heavy atom. The molecule has 0 saturated carbocycles. The van der Waals surface area contributed by atoms with Crippen molar-refractivity contribution in [3.05, 3.63) is 0 Å². The number of aliphatic hydroxyl groups excluding tert-OH is 4. The van der Waals surface area contributed by atoms with E-state index in [0.29, 0.717) is 0 Å². The largest absolute Gasteiger partial charge is 0.394 e. The molecule has 0 aliphatic carbocycles. The fraction of sp³-hybridized carbons (Fsp3) is 1.00. The molecule has 5 N–H and O–H groups in total. The molecule has 1 aliphatic rings. The van der Waals surface area contributed by atoms with Crippen LogP contribution in [0.4, 0.5) is 0 Å². The Morgan fingerprint density at radius 1 is 1.29 bits per heavy atom. The van der Waals surface area contributed by atoms with E-state index < -0.39 is 37.3 Å². The van der Waals surface area contributed by atoms with Crippen LogP contribution in [0.5, 0.6) is 0 Å². The van der Waals surface area contributed by atoms with Gasteiger partial charge in [-0.25, -0.2) is 5.48 Å². The maximum Gasteiger partial charge on any atom is 0.184 e. The molecular formula is C7H15NO6. The Morgan fingerprint density at radius 2 is 1.93 bits per heavy atom. The zero-order valence-corrected chi connectivity index (χ0v) is 7.70. The maximum atomic E-state index is 9.53. The zero-order valence-electron chi connectivity index (χ0n) is 7.70. The second-order valence-corrected chi connectivity index (χ2v) is 3.02. The predicted molar refractivity (Wildman–Crippen MR) is 43.9 cm³/mol. The quantitative estimate of drug-likeness (QED) is 0.314. The van der Waals surface area contributed by atoms with E-state index in [9.17, 15) is 15.3 Å². The lowest BCUT2D eigenvalue weighted by molar-refractivity contribution is -0.301. The average Bonchev–Trinajstić information content (AvgIpc) is 2.18. The van der Waals surface area contributed by atoms with E-state index in [1.165, 1.54) is 7.05 Å². The fourth-order valence-electron chi connectivity index (χ4n) is 1.34. The third-order valence-electron chi connectivity index (χ3n) is 2.09. The zero-order chi connectivity index (χ0) is 10.7. The fourth-order valence-corrected chi connectivity index (χ4v) is 1.34. The summed E-state index contributed by atoms with van der Waals surface area (Å²) in [4.78, 5) is 4.81. The summed E-state index contributed by atoms with van der Waals surface area (Å²) in [6, 6.07) is 0. The van der Waals surface area contributed by atoms with E-state index in [1.807, 2.05) is 0 Å². The van der Waals surface area contributed by atoms with Gasteiger partial charge in [0.25, 0.3) is 0 Å². The molecule has 0 aromatic carbocycles. The van der Waals surface area contributed by atoms with E-state index in [4.69, 9.17) is 14.7 Å². The molecular weight excluding hydrogens is 194 g/mol. The van der Waals surface area contributed by atoms with Gasteiger partial charge in [-0.15, -0.1) is 0 Å². The molecule has 14 heavy (non-hydrogen) atoms. The molecule has 0 unspecified atom stereocenters. The molecule has 1 rings (SSSR count). The number of nitrogens with one attached hydrogen (secondary N) is 1. The molecule has 84 valence electrons. The number of rotatable bonds is 3. The van der Waals surface area contributed by atoms with Gasteiger partial charge in [0.05, 0.1) is 6.61 Å². The SMILES string of the molecule is CNO[C@@H]1[C@@H](O)[C@H](O)O[C@H](CO)[C@@H]1O. The minimum atomic E-state index is -1.48. The van der Waals surface area contributed by atoms with E-state index in [2.05, 4.69) is 5.48 Å². The molecule has 1 heterocycles. The van der Waals surface area contributed by atoms with E-state index in [1.54, 1.807) is 0 Å². The van der Waals surface area contributed by atoms with Crippen molar-refractivity contribution < 1.29 is 30.0 Å². The van der Waals surface area contributed by atoms with Crippen molar-refractivity contribution in [2.75, 3.05) is 13.7 Å². The molecule has 1 saturated heterocycles. The van der Waals surface area contributed by atoms with Gasteiger partial charge in [0.2, 0.25) is 0 Å². The molecule has 1 fully saturated rings. The normalized spacial score (nSPS) is 43.9. The number of hydrogen-bond acceptors (Lipinski definition) is 7. The van der Waals surface area contributed by atoms with Crippen molar-refractivity contribution in [3.8, 4) is 0 Å². The van der Waals surface area contributed by atoms with Gasteiger partial charge >= 0.3 is 0 Å². The van der Waals surface area contributed by atoms with Crippen LogP contribution in [0, 0.1) is 0 Å². The summed E-state index contributed by atoms with van der Waals surface area (Å²) in [7, 11) is 1.45. The van der Waals surface area contributed by atoms with Gasteiger partial charge in [0, 0.05) is 7.05 Å². The first-order valence-electron chi connectivity index (χ1n) is 4.24. The Labute approximate surface area is 80.8 Å². The number of ether oxygens (including phenoxy) is 1. The van der Waals surface area contributed by atoms with Crippen LogP contribution in [-0.4, -0.2) is 64.8 Å². The first-order chi connectivity index (χ1) is 6.61. The molecule has 0 aromatic heterocycles. The van der Waals surface area contributed by atoms with Gasteiger partial charge < -0.3 is 25.2 Å². The Kier molecular flexibility index (Phi) is 4.20. The highest BCUT2D eigenvalue weighted by Crippen LogP contribution is 2.21. The van der Waals surface area contributed by atoms with Crippen LogP contribution in [0.15, 0.2) is 0 Å². The summed E-state index contributed by atoms with van der Waals surface area (Å²) in [6.45, 7) is -0.464. The molecule has 7 heteroatoms. The molecule has 7 nitrogen and oxygen atoms in total. The van der Waals surface area contributed by atoms with Crippen LogP contribution in [0.2, 0.25) is 0 Å². The van der Waals surface area contributed by atoms with Crippen molar-refractivity contribution in [3.63, 3.8) is 0 Å². The van der Waals surface area contributed by atoms with Gasteiger partial charge in [-0.3, -0.25) is 4.84 Å². The highest BCUT2D eigenvalue weighted by atomic mass is 16.7. The van der Waals surface area contributed by atoms with Gasteiger partial charge in [0.1, 0.15) is 24.4 Å². The topological polar surface area (TPSA) is 111 Å². The number of hydrogen-bond donors (Lipinski definition) is 5. The van der Waals surface area contributed by atoms with Crippen molar-refractivity contribution in [1.82, 2.24) is 5.48 Å². The second kappa shape index (κ2) is 4.99. The summed E-state index contributed by atoms with van der Waals surface area (Å²) < 4.78 is 4.73. The van der Waals surface area contributed by atoms with Gasteiger partial charge in [-0.05, 0) is 0 Å². The van der Waals surface area contributed by atoms with Crippen LogP contribution < -0.4 is 5.48 Å². The Bertz CT molecular complexity index is 180. The van der Waals surface area contributed by atoms with Crippen LogP contribution in [-0.2, 0) is 9.57 Å². The molecule has 5 atom stereocenters. The summed E-state index contributed by atoms with van der Waals surface area (Å²) in [5.74, 6) is 0. The third kappa shape index (κ3) is 2.20. The monoisotopic (exact) mass is 209 g/mol. The summed E-state index contributed by atoms with van der Waals surface area (Å²) >= 11 is 0. The van der Waals surface area contributed by atoms with Crippen LogP contribution >= 0.6 is 0 Å². The number of hydroxylamine groups is 1. The van der Waals surface area contributed by atoms with E-state index in [0.717, 1.165) is 0 Å². The Balaban J connectivity index is 2.67. The maximum absolute atomic E-state index is 9.53.